The van der Waals surface area contributed by atoms with Gasteiger partial charge in [0.15, 0.2) is 0 Å². The number of hydrogen-bond acceptors (Lipinski definition) is 4. The van der Waals surface area contributed by atoms with Crippen LogP contribution >= 0.6 is 27.5 Å². The number of anilines is 1. The Morgan fingerprint density at radius 2 is 1.96 bits per heavy atom. The van der Waals surface area contributed by atoms with Gasteiger partial charge in [-0.15, -0.1) is 0 Å². The zero-order valence-corrected chi connectivity index (χ0v) is 17.7. The fourth-order valence-corrected chi connectivity index (χ4v) is 3.18. The van der Waals surface area contributed by atoms with E-state index in [-0.39, 0.29) is 5.91 Å². The molecule has 0 spiro atoms. The molecule has 1 amide bonds. The first-order valence-electron chi connectivity index (χ1n) is 8.39. The summed E-state index contributed by atoms with van der Waals surface area (Å²) in [6.07, 6.45) is 0.849. The average Bonchev–Trinajstić information content (AvgIpc) is 2.66. The van der Waals surface area contributed by atoms with Gasteiger partial charge < -0.3 is 14.8 Å². The van der Waals surface area contributed by atoms with Crippen LogP contribution in [0.3, 0.4) is 0 Å². The molecule has 0 bridgehead atoms. The highest BCUT2D eigenvalue weighted by Gasteiger charge is 2.12. The maximum absolute atomic E-state index is 12.1. The van der Waals surface area contributed by atoms with Crippen molar-refractivity contribution in [2.45, 2.75) is 26.7 Å². The number of halogens is 2. The second-order valence-corrected chi connectivity index (χ2v) is 7.19. The van der Waals surface area contributed by atoms with Gasteiger partial charge in [-0.1, -0.05) is 17.7 Å². The third kappa shape index (κ3) is 5.71. The van der Waals surface area contributed by atoms with Crippen molar-refractivity contribution in [3.63, 3.8) is 0 Å². The van der Waals surface area contributed by atoms with E-state index in [9.17, 15) is 9.59 Å². The summed E-state index contributed by atoms with van der Waals surface area (Å²) in [4.78, 5) is 23.6. The Balaban J connectivity index is 1.84. The van der Waals surface area contributed by atoms with Crippen molar-refractivity contribution in [1.82, 2.24) is 0 Å². The smallest absolute Gasteiger partial charge is 0.337 e. The lowest BCUT2D eigenvalue weighted by atomic mass is 10.1. The van der Waals surface area contributed by atoms with Crippen LogP contribution < -0.4 is 10.1 Å². The number of methoxy groups -OCH3 is 1. The maximum Gasteiger partial charge on any atom is 0.337 e. The largest absolute Gasteiger partial charge is 0.492 e. The number of hydrogen-bond donors (Lipinski definition) is 1. The quantitative estimate of drug-likeness (QED) is 0.455. The first-order valence-corrected chi connectivity index (χ1v) is 9.56. The maximum atomic E-state index is 12.1. The van der Waals surface area contributed by atoms with Gasteiger partial charge in [0.1, 0.15) is 5.75 Å². The summed E-state index contributed by atoms with van der Waals surface area (Å²) >= 11 is 9.70. The fourth-order valence-electron chi connectivity index (χ4n) is 2.49. The lowest BCUT2D eigenvalue weighted by Gasteiger charge is -2.13. The Morgan fingerprint density at radius 1 is 1.22 bits per heavy atom. The van der Waals surface area contributed by atoms with Gasteiger partial charge in [0.05, 0.1) is 23.8 Å². The summed E-state index contributed by atoms with van der Waals surface area (Å²) < 4.78 is 11.3. The van der Waals surface area contributed by atoms with Gasteiger partial charge >= 0.3 is 5.97 Å². The van der Waals surface area contributed by atoms with Crippen LogP contribution in [-0.2, 0) is 9.53 Å². The van der Waals surface area contributed by atoms with Gasteiger partial charge in [-0.3, -0.25) is 4.79 Å². The number of amides is 1. The van der Waals surface area contributed by atoms with Gasteiger partial charge in [0, 0.05) is 17.1 Å². The molecule has 5 nitrogen and oxygen atoms in total. The van der Waals surface area contributed by atoms with Crippen molar-refractivity contribution >= 4 is 45.1 Å². The van der Waals surface area contributed by atoms with E-state index < -0.39 is 5.97 Å². The van der Waals surface area contributed by atoms with E-state index in [2.05, 4.69) is 26.0 Å². The van der Waals surface area contributed by atoms with Crippen LogP contribution in [-0.4, -0.2) is 25.6 Å². The van der Waals surface area contributed by atoms with Crippen LogP contribution in [0.1, 0.15) is 34.3 Å². The monoisotopic (exact) mass is 453 g/mol. The van der Waals surface area contributed by atoms with Gasteiger partial charge in [0.25, 0.3) is 0 Å². The second-order valence-electron chi connectivity index (χ2n) is 6.02. The molecule has 144 valence electrons. The highest BCUT2D eigenvalue weighted by atomic mass is 79.9. The summed E-state index contributed by atoms with van der Waals surface area (Å²) in [5, 5.41) is 3.48. The fraction of sp³-hybridized carbons (Fsp3) is 0.300. The number of rotatable bonds is 7. The zero-order chi connectivity index (χ0) is 20.0. The normalized spacial score (nSPS) is 10.4. The van der Waals surface area contributed by atoms with Crippen molar-refractivity contribution in [3.05, 3.63) is 56.5 Å². The van der Waals surface area contributed by atoms with E-state index in [4.69, 9.17) is 16.3 Å². The first-order chi connectivity index (χ1) is 12.8. The predicted octanol–water partition coefficient (Wildman–Crippen LogP) is 5.30. The number of carbonyl (C=O) groups excluding carboxylic acids is 2. The molecular formula is C20H21BrClNO4. The van der Waals surface area contributed by atoms with Crippen LogP contribution in [0.4, 0.5) is 5.69 Å². The molecule has 0 radical (unpaired) electrons. The molecule has 0 aliphatic rings. The highest BCUT2D eigenvalue weighted by Crippen LogP contribution is 2.35. The van der Waals surface area contributed by atoms with Gasteiger partial charge in [-0.25, -0.2) is 4.79 Å². The Morgan fingerprint density at radius 3 is 2.67 bits per heavy atom. The molecule has 0 aliphatic carbocycles. The molecule has 27 heavy (non-hydrogen) atoms. The van der Waals surface area contributed by atoms with Gasteiger partial charge in [-0.2, -0.15) is 0 Å². The van der Waals surface area contributed by atoms with E-state index in [0.717, 1.165) is 15.6 Å². The van der Waals surface area contributed by atoms with Crippen molar-refractivity contribution in [3.8, 4) is 5.75 Å². The lowest BCUT2D eigenvalue weighted by Crippen LogP contribution is -2.13. The standard InChI is InChI=1S/C20H21BrClNO4/c1-12-10-16(18(21)13(2)19(12)22)27-9-5-8-17(24)23-15-7-4-6-14(11-15)20(25)26-3/h4,6-7,10-11H,5,8-9H2,1-3H3,(H,23,24). The average molecular weight is 455 g/mol. The molecule has 0 saturated carbocycles. The summed E-state index contributed by atoms with van der Waals surface area (Å²) in [5.41, 5.74) is 2.80. The molecule has 2 rings (SSSR count). The van der Waals surface area contributed by atoms with Crippen LogP contribution in [0.2, 0.25) is 5.02 Å². The second kappa shape index (κ2) is 9.76. The Kier molecular flexibility index (Phi) is 7.68. The number of nitrogens with one attached hydrogen (secondary N) is 1. The van der Waals surface area contributed by atoms with E-state index >= 15 is 0 Å². The summed E-state index contributed by atoms with van der Waals surface area (Å²) in [7, 11) is 1.32. The zero-order valence-electron chi connectivity index (χ0n) is 15.4. The minimum atomic E-state index is -0.446. The van der Waals surface area contributed by atoms with E-state index in [0.29, 0.717) is 41.5 Å². The summed E-state index contributed by atoms with van der Waals surface area (Å²) in [6.45, 7) is 4.24. The van der Waals surface area contributed by atoms with Crippen molar-refractivity contribution in [2.24, 2.45) is 0 Å². The topological polar surface area (TPSA) is 64.6 Å². The number of carbonyl (C=O) groups is 2. The first kappa shape index (κ1) is 21.3. The molecule has 0 aromatic heterocycles. The third-order valence-corrected chi connectivity index (χ3v) is 5.51. The Labute approximate surface area is 172 Å². The third-order valence-electron chi connectivity index (χ3n) is 3.94. The van der Waals surface area contributed by atoms with E-state index in [1.807, 2.05) is 19.9 Å². The Bertz CT molecular complexity index is 854. The molecular weight excluding hydrogens is 434 g/mol. The van der Waals surface area contributed by atoms with Crippen LogP contribution in [0, 0.1) is 13.8 Å². The SMILES string of the molecule is COC(=O)c1cccc(NC(=O)CCCOc2cc(C)c(Cl)c(C)c2Br)c1. The Hall–Kier alpha value is -2.05. The molecule has 0 aliphatic heterocycles. The lowest BCUT2D eigenvalue weighted by molar-refractivity contribution is -0.116. The van der Waals surface area contributed by atoms with Crippen molar-refractivity contribution < 1.29 is 19.1 Å². The molecule has 0 atom stereocenters. The van der Waals surface area contributed by atoms with Crippen LogP contribution in [0.5, 0.6) is 5.75 Å². The van der Waals surface area contributed by atoms with E-state index in [1.54, 1.807) is 24.3 Å². The molecule has 1 N–H and O–H groups in total. The minimum Gasteiger partial charge on any atom is -0.492 e. The number of ether oxygens (including phenoxy) is 2. The molecule has 7 heteroatoms. The number of aryl methyl sites for hydroxylation is 1. The predicted molar refractivity (Wildman–Crippen MR) is 110 cm³/mol. The molecule has 2 aromatic rings. The van der Waals surface area contributed by atoms with Crippen LogP contribution in [0.25, 0.3) is 0 Å². The molecule has 0 unspecified atom stereocenters. The molecule has 0 heterocycles. The summed E-state index contributed by atoms with van der Waals surface area (Å²) in [6, 6.07) is 8.49. The summed E-state index contributed by atoms with van der Waals surface area (Å²) in [5.74, 6) is 0.113. The van der Waals surface area contributed by atoms with Gasteiger partial charge in [-0.05, 0) is 71.6 Å². The van der Waals surface area contributed by atoms with Crippen LogP contribution in [0.15, 0.2) is 34.8 Å². The van der Waals surface area contributed by atoms with Gasteiger partial charge in [0.2, 0.25) is 5.91 Å². The molecule has 0 saturated heterocycles. The van der Waals surface area contributed by atoms with Crippen molar-refractivity contribution in [2.75, 3.05) is 19.0 Å². The van der Waals surface area contributed by atoms with Crippen molar-refractivity contribution in [1.29, 1.82) is 0 Å². The number of esters is 1. The minimum absolute atomic E-state index is 0.150. The molecule has 0 fully saturated rings. The molecule has 2 aromatic carbocycles. The van der Waals surface area contributed by atoms with E-state index in [1.165, 1.54) is 7.11 Å². The number of benzene rings is 2. The highest BCUT2D eigenvalue weighted by molar-refractivity contribution is 9.10.